The Kier molecular flexibility index (Phi) is 11.5. The van der Waals surface area contributed by atoms with Gasteiger partial charge in [-0.3, -0.25) is 9.79 Å². The summed E-state index contributed by atoms with van der Waals surface area (Å²) in [6.45, 7) is 2.15. The lowest BCUT2D eigenvalue weighted by molar-refractivity contribution is -0.137. The molecule has 0 aromatic heterocycles. The fraction of sp³-hybridized carbons (Fsp3) is 0.810. The van der Waals surface area contributed by atoms with Crippen LogP contribution < -0.4 is 0 Å². The minimum Gasteiger partial charge on any atom is -0.481 e. The van der Waals surface area contributed by atoms with Crippen LogP contribution in [0.3, 0.4) is 0 Å². The van der Waals surface area contributed by atoms with Gasteiger partial charge in [0.25, 0.3) is 0 Å². The number of aliphatic hydroxyl groups is 2. The maximum atomic E-state index is 10.5. The van der Waals surface area contributed by atoms with E-state index in [1.165, 1.54) is 0 Å². The molecule has 0 spiro atoms. The van der Waals surface area contributed by atoms with E-state index in [4.69, 9.17) is 5.11 Å². The Morgan fingerprint density at radius 3 is 2.62 bits per heavy atom. The van der Waals surface area contributed by atoms with Gasteiger partial charge in [-0.15, -0.1) is 0 Å². The smallest absolute Gasteiger partial charge is 0.303 e. The number of nitrogens with zero attached hydrogens (tertiary/aromatic N) is 1. The van der Waals surface area contributed by atoms with Gasteiger partial charge in [0.2, 0.25) is 0 Å². The van der Waals surface area contributed by atoms with Crippen molar-refractivity contribution in [2.24, 2.45) is 16.8 Å². The van der Waals surface area contributed by atoms with E-state index in [0.717, 1.165) is 63.5 Å². The number of rotatable bonds is 13. The SMILES string of the molecule is CCCCCC(O)/C=C/C1C(O)CC(=NC)C1CCCCCCC(=O)O. The molecule has 5 nitrogen and oxygen atoms in total. The van der Waals surface area contributed by atoms with E-state index in [1.54, 1.807) is 7.05 Å². The summed E-state index contributed by atoms with van der Waals surface area (Å²) in [4.78, 5) is 14.9. The lowest BCUT2D eigenvalue weighted by Crippen LogP contribution is -2.19. The van der Waals surface area contributed by atoms with Crippen molar-refractivity contribution in [1.29, 1.82) is 0 Å². The molecule has 4 atom stereocenters. The highest BCUT2D eigenvalue weighted by molar-refractivity contribution is 5.90. The summed E-state index contributed by atoms with van der Waals surface area (Å²) in [6, 6.07) is 0. The van der Waals surface area contributed by atoms with Crippen molar-refractivity contribution in [1.82, 2.24) is 0 Å². The molecule has 0 aromatic rings. The van der Waals surface area contributed by atoms with Crippen LogP contribution in [0.25, 0.3) is 0 Å². The Morgan fingerprint density at radius 1 is 1.23 bits per heavy atom. The fourth-order valence-corrected chi connectivity index (χ4v) is 3.82. The van der Waals surface area contributed by atoms with Crippen LogP contribution in [0.15, 0.2) is 17.1 Å². The fourth-order valence-electron chi connectivity index (χ4n) is 3.82. The van der Waals surface area contributed by atoms with Crippen LogP contribution in [0.1, 0.15) is 77.6 Å². The summed E-state index contributed by atoms with van der Waals surface area (Å²) < 4.78 is 0. The second kappa shape index (κ2) is 13.0. The van der Waals surface area contributed by atoms with Crippen LogP contribution in [0, 0.1) is 11.8 Å². The second-order valence-corrected chi connectivity index (χ2v) is 7.46. The molecule has 150 valence electrons. The molecule has 3 N–H and O–H groups in total. The van der Waals surface area contributed by atoms with Gasteiger partial charge < -0.3 is 15.3 Å². The van der Waals surface area contributed by atoms with Gasteiger partial charge in [-0.25, -0.2) is 0 Å². The molecule has 1 fully saturated rings. The van der Waals surface area contributed by atoms with Crippen molar-refractivity contribution in [3.63, 3.8) is 0 Å². The van der Waals surface area contributed by atoms with Gasteiger partial charge in [0, 0.05) is 37.4 Å². The van der Waals surface area contributed by atoms with Gasteiger partial charge in [0.1, 0.15) is 0 Å². The molecule has 0 saturated heterocycles. The molecular formula is C21H37NO4. The van der Waals surface area contributed by atoms with Crippen LogP contribution in [0.5, 0.6) is 0 Å². The van der Waals surface area contributed by atoms with Gasteiger partial charge in [-0.2, -0.15) is 0 Å². The van der Waals surface area contributed by atoms with E-state index >= 15 is 0 Å². The molecule has 4 unspecified atom stereocenters. The number of carbonyl (C=O) groups is 1. The first-order valence-electron chi connectivity index (χ1n) is 10.2. The Morgan fingerprint density at radius 2 is 1.96 bits per heavy atom. The third kappa shape index (κ3) is 8.45. The van der Waals surface area contributed by atoms with Gasteiger partial charge in [-0.05, 0) is 19.3 Å². The Labute approximate surface area is 158 Å². The molecule has 1 rings (SSSR count). The number of hydrogen-bond donors (Lipinski definition) is 3. The Balaban J connectivity index is 2.49. The molecule has 0 heterocycles. The van der Waals surface area contributed by atoms with Crippen LogP contribution >= 0.6 is 0 Å². The molecule has 0 amide bonds. The predicted molar refractivity (Wildman–Crippen MR) is 106 cm³/mol. The molecule has 0 bridgehead atoms. The number of aliphatic hydroxyl groups excluding tert-OH is 2. The van der Waals surface area contributed by atoms with E-state index in [0.29, 0.717) is 6.42 Å². The monoisotopic (exact) mass is 367 g/mol. The molecular weight excluding hydrogens is 330 g/mol. The van der Waals surface area contributed by atoms with E-state index in [1.807, 2.05) is 12.2 Å². The standard InChI is InChI=1S/C21H37NO4/c1-3-4-7-10-16(23)13-14-18-17(19(22-2)15-20(18)24)11-8-5-6-9-12-21(25)26/h13-14,16-18,20,23-24H,3-12,15H2,1-2H3,(H,25,26)/b14-13+,22-19?. The van der Waals surface area contributed by atoms with E-state index in [2.05, 4.69) is 11.9 Å². The summed E-state index contributed by atoms with van der Waals surface area (Å²) >= 11 is 0. The maximum absolute atomic E-state index is 10.5. The number of aliphatic carboxylic acids is 1. The highest BCUT2D eigenvalue weighted by atomic mass is 16.4. The Bertz CT molecular complexity index is 461. The van der Waals surface area contributed by atoms with Gasteiger partial charge in [0.05, 0.1) is 12.2 Å². The number of hydrogen-bond acceptors (Lipinski definition) is 4. The molecule has 5 heteroatoms. The van der Waals surface area contributed by atoms with Crippen molar-refractivity contribution < 1.29 is 20.1 Å². The predicted octanol–water partition coefficient (Wildman–Crippen LogP) is 3.98. The summed E-state index contributed by atoms with van der Waals surface area (Å²) in [5, 5.41) is 29.2. The van der Waals surface area contributed by atoms with E-state index in [9.17, 15) is 15.0 Å². The topological polar surface area (TPSA) is 90.1 Å². The van der Waals surface area contributed by atoms with Crippen molar-refractivity contribution in [3.05, 3.63) is 12.2 Å². The summed E-state index contributed by atoms with van der Waals surface area (Å²) in [5.74, 6) is -0.478. The lowest BCUT2D eigenvalue weighted by atomic mass is 9.88. The zero-order valence-corrected chi connectivity index (χ0v) is 16.4. The zero-order valence-electron chi connectivity index (χ0n) is 16.4. The van der Waals surface area contributed by atoms with Gasteiger partial charge in [-0.1, -0.05) is 57.6 Å². The largest absolute Gasteiger partial charge is 0.481 e. The second-order valence-electron chi connectivity index (χ2n) is 7.46. The molecule has 0 aromatic carbocycles. The van der Waals surface area contributed by atoms with E-state index in [-0.39, 0.29) is 18.3 Å². The zero-order chi connectivity index (χ0) is 19.4. The van der Waals surface area contributed by atoms with Crippen LogP contribution in [0.2, 0.25) is 0 Å². The van der Waals surface area contributed by atoms with E-state index < -0.39 is 18.2 Å². The average molecular weight is 368 g/mol. The first kappa shape index (κ1) is 22.8. The minimum atomic E-state index is -0.730. The maximum Gasteiger partial charge on any atom is 0.303 e. The first-order chi connectivity index (χ1) is 12.5. The molecule has 0 radical (unpaired) electrons. The molecule has 26 heavy (non-hydrogen) atoms. The van der Waals surface area contributed by atoms with Crippen LogP contribution in [0.4, 0.5) is 0 Å². The van der Waals surface area contributed by atoms with Crippen molar-refractivity contribution in [2.45, 2.75) is 89.8 Å². The quantitative estimate of drug-likeness (QED) is 0.339. The minimum absolute atomic E-state index is 0.0218. The van der Waals surface area contributed by atoms with Crippen molar-refractivity contribution in [3.8, 4) is 0 Å². The van der Waals surface area contributed by atoms with Crippen molar-refractivity contribution >= 4 is 11.7 Å². The lowest BCUT2D eigenvalue weighted by Gasteiger charge is -2.19. The third-order valence-electron chi connectivity index (χ3n) is 5.36. The summed E-state index contributed by atoms with van der Waals surface area (Å²) in [6.07, 6.45) is 12.5. The average Bonchev–Trinajstić information content (AvgIpc) is 2.91. The highest BCUT2D eigenvalue weighted by Crippen LogP contribution is 2.35. The number of unbranched alkanes of at least 4 members (excludes halogenated alkanes) is 5. The molecule has 0 aliphatic heterocycles. The number of aliphatic imine (C=N–C) groups is 1. The highest BCUT2D eigenvalue weighted by Gasteiger charge is 2.37. The summed E-state index contributed by atoms with van der Waals surface area (Å²) in [7, 11) is 1.79. The van der Waals surface area contributed by atoms with Crippen LogP contribution in [-0.4, -0.2) is 46.3 Å². The summed E-state index contributed by atoms with van der Waals surface area (Å²) in [5.41, 5.74) is 1.07. The van der Waals surface area contributed by atoms with Crippen molar-refractivity contribution in [2.75, 3.05) is 7.05 Å². The molecule has 1 saturated carbocycles. The third-order valence-corrected chi connectivity index (χ3v) is 5.36. The number of carboxylic acids is 1. The van der Waals surface area contributed by atoms with Crippen LogP contribution in [-0.2, 0) is 4.79 Å². The van der Waals surface area contributed by atoms with Gasteiger partial charge in [0.15, 0.2) is 0 Å². The Hall–Kier alpha value is -1.20. The first-order valence-corrected chi connectivity index (χ1v) is 10.2. The molecule has 1 aliphatic carbocycles. The number of carboxylic acid groups (broad SMARTS) is 1. The normalized spacial score (nSPS) is 26.0. The van der Waals surface area contributed by atoms with Gasteiger partial charge >= 0.3 is 5.97 Å². The molecule has 1 aliphatic rings.